The molecule has 1 N–H and O–H groups in total. The molecule has 3 rings (SSSR count). The summed E-state index contributed by atoms with van der Waals surface area (Å²) >= 11 is 0. The molecule has 0 fully saturated rings. The van der Waals surface area contributed by atoms with Crippen LogP contribution in [0.3, 0.4) is 0 Å². The van der Waals surface area contributed by atoms with E-state index in [1.165, 1.54) is 0 Å². The Hall–Kier alpha value is -2.56. The largest absolute Gasteiger partial charge is 0.456 e. The lowest BCUT2D eigenvalue weighted by atomic mass is 10.1. The van der Waals surface area contributed by atoms with Crippen molar-refractivity contribution in [3.05, 3.63) is 53.5 Å². The first kappa shape index (κ1) is 13.4. The van der Waals surface area contributed by atoms with E-state index in [2.05, 4.69) is 5.16 Å². The number of fused-ring (bicyclic) bond motifs is 1. The maximum absolute atomic E-state index is 12.7. The van der Waals surface area contributed by atoms with Crippen LogP contribution in [0, 0.1) is 6.92 Å². The average Bonchev–Trinajstić information content (AvgIpc) is 2.84. The summed E-state index contributed by atoms with van der Waals surface area (Å²) in [6, 6.07) is 10.9. The molecule has 0 aliphatic carbocycles. The van der Waals surface area contributed by atoms with E-state index in [9.17, 15) is 10.0 Å². The number of rotatable bonds is 1. The molecule has 1 aliphatic heterocycles. The average molecular weight is 284 g/mol. The summed E-state index contributed by atoms with van der Waals surface area (Å²) in [5.74, 6) is 0.862. The van der Waals surface area contributed by atoms with Gasteiger partial charge < -0.3 is 14.5 Å². The molecular weight excluding hydrogens is 268 g/mol. The van der Waals surface area contributed by atoms with E-state index in [4.69, 9.17) is 4.42 Å². The number of hydrogen-bond donors (Lipinski definition) is 1. The molecule has 0 bridgehead atoms. The van der Waals surface area contributed by atoms with Crippen molar-refractivity contribution in [1.29, 1.82) is 0 Å². The van der Waals surface area contributed by atoms with Crippen LogP contribution in [-0.4, -0.2) is 23.4 Å². The Morgan fingerprint density at radius 3 is 2.81 bits per heavy atom. The van der Waals surface area contributed by atoms with Crippen molar-refractivity contribution in [3.8, 4) is 0 Å². The number of carbonyl (C=O) groups is 1. The zero-order chi connectivity index (χ0) is 14.8. The predicted molar refractivity (Wildman–Crippen MR) is 79.1 cm³/mol. The molecule has 0 saturated carbocycles. The molecule has 21 heavy (non-hydrogen) atoms. The van der Waals surface area contributed by atoms with Crippen LogP contribution in [0.5, 0.6) is 0 Å². The van der Waals surface area contributed by atoms with Crippen molar-refractivity contribution in [2.24, 2.45) is 5.16 Å². The molecule has 0 radical (unpaired) electrons. The number of carbonyl (C=O) groups excluding carboxylic acids is 1. The van der Waals surface area contributed by atoms with Gasteiger partial charge in [-0.1, -0.05) is 23.4 Å². The molecule has 108 valence electrons. The summed E-state index contributed by atoms with van der Waals surface area (Å²) in [5, 5.41) is 12.5. The molecule has 0 unspecified atom stereocenters. The van der Waals surface area contributed by atoms with Crippen LogP contribution in [0.25, 0.3) is 0 Å². The molecule has 0 atom stereocenters. The molecule has 2 aromatic rings. The van der Waals surface area contributed by atoms with Gasteiger partial charge >= 0.3 is 0 Å². The van der Waals surface area contributed by atoms with Gasteiger partial charge in [-0.3, -0.25) is 4.79 Å². The smallest absolute Gasteiger partial charge is 0.293 e. The molecule has 0 saturated heterocycles. The molecule has 5 heteroatoms. The van der Waals surface area contributed by atoms with E-state index in [0.717, 1.165) is 17.7 Å². The third-order valence-corrected chi connectivity index (χ3v) is 3.62. The Morgan fingerprint density at radius 1 is 1.29 bits per heavy atom. The third-order valence-electron chi connectivity index (χ3n) is 3.62. The summed E-state index contributed by atoms with van der Waals surface area (Å²) in [7, 11) is 0. The van der Waals surface area contributed by atoms with Crippen LogP contribution in [0.15, 0.2) is 46.0 Å². The highest BCUT2D eigenvalue weighted by Crippen LogP contribution is 2.28. The van der Waals surface area contributed by atoms with Gasteiger partial charge in [0.05, 0.1) is 11.4 Å². The van der Waals surface area contributed by atoms with E-state index in [-0.39, 0.29) is 5.91 Å². The number of amides is 1. The molecule has 1 aliphatic rings. The van der Waals surface area contributed by atoms with Crippen LogP contribution in [0.2, 0.25) is 0 Å². The number of anilines is 1. The highest BCUT2D eigenvalue weighted by Gasteiger charge is 2.26. The molecule has 2 heterocycles. The number of aryl methyl sites for hydroxylation is 1. The van der Waals surface area contributed by atoms with Crippen LogP contribution >= 0.6 is 0 Å². The Bertz CT molecular complexity index is 703. The van der Waals surface area contributed by atoms with Gasteiger partial charge in [0.1, 0.15) is 5.76 Å². The van der Waals surface area contributed by atoms with Gasteiger partial charge in [-0.15, -0.1) is 0 Å². The molecule has 5 nitrogen and oxygen atoms in total. The van der Waals surface area contributed by atoms with Gasteiger partial charge in [0.2, 0.25) is 0 Å². The lowest BCUT2D eigenvalue weighted by molar-refractivity contribution is 0.0959. The second kappa shape index (κ2) is 5.44. The van der Waals surface area contributed by atoms with E-state index in [1.54, 1.807) is 17.0 Å². The van der Waals surface area contributed by atoms with E-state index in [1.807, 2.05) is 31.2 Å². The van der Waals surface area contributed by atoms with Crippen molar-refractivity contribution in [1.82, 2.24) is 0 Å². The first-order valence-electron chi connectivity index (χ1n) is 6.89. The molecule has 1 aromatic carbocycles. The zero-order valence-electron chi connectivity index (χ0n) is 11.7. The van der Waals surface area contributed by atoms with Crippen LogP contribution in [-0.2, 0) is 0 Å². The minimum absolute atomic E-state index is 0.172. The Morgan fingerprint density at radius 2 is 2.10 bits per heavy atom. The number of benzene rings is 1. The quantitative estimate of drug-likeness (QED) is 0.646. The van der Waals surface area contributed by atoms with E-state index >= 15 is 0 Å². The Balaban J connectivity index is 2.04. The van der Waals surface area contributed by atoms with Crippen molar-refractivity contribution in [3.63, 3.8) is 0 Å². The van der Waals surface area contributed by atoms with Crippen LogP contribution in [0.4, 0.5) is 5.69 Å². The van der Waals surface area contributed by atoms with Crippen molar-refractivity contribution in [2.45, 2.75) is 19.8 Å². The summed E-state index contributed by atoms with van der Waals surface area (Å²) in [5.41, 5.74) is 2.15. The minimum Gasteiger partial charge on any atom is -0.456 e. The van der Waals surface area contributed by atoms with Crippen molar-refractivity contribution >= 4 is 17.3 Å². The fourth-order valence-electron chi connectivity index (χ4n) is 2.61. The Labute approximate surface area is 122 Å². The minimum atomic E-state index is -0.172. The third kappa shape index (κ3) is 2.42. The SMILES string of the molecule is Cc1ccc(C(=O)N2CCC/C(=N/O)c3ccccc32)o1. The van der Waals surface area contributed by atoms with E-state index in [0.29, 0.717) is 30.2 Å². The van der Waals surface area contributed by atoms with Gasteiger partial charge in [0, 0.05) is 12.1 Å². The topological polar surface area (TPSA) is 66.0 Å². The summed E-state index contributed by atoms with van der Waals surface area (Å²) in [6.45, 7) is 2.37. The standard InChI is InChI=1S/C16H16N2O3/c1-11-8-9-15(21-11)16(19)18-10-4-6-13(17-20)12-5-2-3-7-14(12)18/h2-3,5,7-9,20H,4,6,10H2,1H3/b17-13-. The molecule has 1 amide bonds. The van der Waals surface area contributed by atoms with Crippen LogP contribution in [0.1, 0.15) is 34.7 Å². The van der Waals surface area contributed by atoms with Gasteiger partial charge in [0.15, 0.2) is 5.76 Å². The highest BCUT2D eigenvalue weighted by molar-refractivity contribution is 6.12. The maximum Gasteiger partial charge on any atom is 0.293 e. The van der Waals surface area contributed by atoms with Gasteiger partial charge in [-0.2, -0.15) is 0 Å². The normalized spacial score (nSPS) is 16.6. The van der Waals surface area contributed by atoms with Gasteiger partial charge in [0.25, 0.3) is 5.91 Å². The second-order valence-corrected chi connectivity index (χ2v) is 5.03. The van der Waals surface area contributed by atoms with Gasteiger partial charge in [-0.25, -0.2) is 0 Å². The lowest BCUT2D eigenvalue weighted by Crippen LogP contribution is -2.31. The number of furan rings is 1. The fourth-order valence-corrected chi connectivity index (χ4v) is 2.61. The Kier molecular flexibility index (Phi) is 3.48. The van der Waals surface area contributed by atoms with Gasteiger partial charge in [-0.05, 0) is 38.0 Å². The number of para-hydroxylation sites is 1. The maximum atomic E-state index is 12.7. The monoisotopic (exact) mass is 284 g/mol. The number of oxime groups is 1. The molecular formula is C16H16N2O3. The number of hydrogen-bond acceptors (Lipinski definition) is 4. The molecule has 1 aromatic heterocycles. The number of nitrogens with zero attached hydrogens (tertiary/aromatic N) is 2. The first-order chi connectivity index (χ1) is 10.2. The van der Waals surface area contributed by atoms with Crippen LogP contribution < -0.4 is 4.90 Å². The van der Waals surface area contributed by atoms with Crippen molar-refractivity contribution in [2.75, 3.05) is 11.4 Å². The van der Waals surface area contributed by atoms with E-state index < -0.39 is 0 Å². The highest BCUT2D eigenvalue weighted by atomic mass is 16.4. The molecule has 0 spiro atoms. The predicted octanol–water partition coefficient (Wildman–Crippen LogP) is 3.21. The first-order valence-corrected chi connectivity index (χ1v) is 6.89. The second-order valence-electron chi connectivity index (χ2n) is 5.03. The van der Waals surface area contributed by atoms with Crippen molar-refractivity contribution < 1.29 is 14.4 Å². The lowest BCUT2D eigenvalue weighted by Gasteiger charge is -2.21. The zero-order valence-corrected chi connectivity index (χ0v) is 11.7. The summed E-state index contributed by atoms with van der Waals surface area (Å²) < 4.78 is 5.44. The fraction of sp³-hybridized carbons (Fsp3) is 0.250. The summed E-state index contributed by atoms with van der Waals surface area (Å²) in [6.07, 6.45) is 1.37. The summed E-state index contributed by atoms with van der Waals surface area (Å²) in [4.78, 5) is 14.3.